The fourth-order valence-electron chi connectivity index (χ4n) is 4.11. The normalized spacial score (nSPS) is 15.5. The van der Waals surface area contributed by atoms with Crippen LogP contribution in [0.1, 0.15) is 12.8 Å². The third-order valence-corrected chi connectivity index (χ3v) is 5.92. The summed E-state index contributed by atoms with van der Waals surface area (Å²) in [5.74, 6) is 2.07. The Morgan fingerprint density at radius 1 is 0.824 bits per heavy atom. The van der Waals surface area contributed by atoms with Gasteiger partial charge in [0.1, 0.15) is 11.5 Å². The van der Waals surface area contributed by atoms with E-state index in [1.807, 2.05) is 97.3 Å². The molecule has 6 heteroatoms. The van der Waals surface area contributed by atoms with Gasteiger partial charge in [-0.1, -0.05) is 48.5 Å². The van der Waals surface area contributed by atoms with Crippen molar-refractivity contribution >= 4 is 17.5 Å². The zero-order chi connectivity index (χ0) is 23.2. The van der Waals surface area contributed by atoms with E-state index in [2.05, 4.69) is 20.2 Å². The highest BCUT2D eigenvalue weighted by atomic mass is 16.5. The number of carbonyl (C=O) groups excluding carboxylic acids is 1. The van der Waals surface area contributed by atoms with Crippen LogP contribution in [0.3, 0.4) is 0 Å². The van der Waals surface area contributed by atoms with Crippen LogP contribution < -0.4 is 15.0 Å². The van der Waals surface area contributed by atoms with Crippen molar-refractivity contribution in [1.82, 2.24) is 9.97 Å². The fraction of sp³-hybridized carbons (Fsp3) is 0.179. The fourth-order valence-corrected chi connectivity index (χ4v) is 4.11. The molecule has 0 spiro atoms. The minimum Gasteiger partial charge on any atom is -0.457 e. The summed E-state index contributed by atoms with van der Waals surface area (Å²) in [5.41, 5.74) is 2.83. The van der Waals surface area contributed by atoms with Crippen molar-refractivity contribution < 1.29 is 9.53 Å². The molecule has 170 valence electrons. The van der Waals surface area contributed by atoms with Gasteiger partial charge >= 0.3 is 0 Å². The Kier molecular flexibility index (Phi) is 6.47. The van der Waals surface area contributed by atoms with Crippen molar-refractivity contribution in [1.29, 1.82) is 0 Å². The number of benzene rings is 3. The number of hydrogen-bond donors (Lipinski definition) is 1. The quantitative estimate of drug-likeness (QED) is 0.403. The van der Waals surface area contributed by atoms with Crippen molar-refractivity contribution in [3.63, 3.8) is 0 Å². The Morgan fingerprint density at radius 2 is 1.47 bits per heavy atom. The molecular formula is C28H26N4O2. The summed E-state index contributed by atoms with van der Waals surface area (Å²) in [4.78, 5) is 24.2. The van der Waals surface area contributed by atoms with Crippen LogP contribution in [0.5, 0.6) is 11.5 Å². The van der Waals surface area contributed by atoms with Gasteiger partial charge in [0.25, 0.3) is 0 Å². The molecule has 0 unspecified atom stereocenters. The second-order valence-corrected chi connectivity index (χ2v) is 8.35. The highest BCUT2D eigenvalue weighted by Crippen LogP contribution is 2.25. The molecule has 1 aliphatic rings. The summed E-state index contributed by atoms with van der Waals surface area (Å²) in [5, 5.41) is 3.04. The minimum atomic E-state index is -0.119. The molecule has 34 heavy (non-hydrogen) atoms. The maximum atomic E-state index is 12.9. The Hall–Kier alpha value is -4.19. The van der Waals surface area contributed by atoms with Crippen LogP contribution in [0.2, 0.25) is 0 Å². The first-order valence-corrected chi connectivity index (χ1v) is 11.5. The predicted octanol–water partition coefficient (Wildman–Crippen LogP) is 5.79. The first-order chi connectivity index (χ1) is 16.7. The first kappa shape index (κ1) is 21.6. The van der Waals surface area contributed by atoms with Gasteiger partial charge in [0.2, 0.25) is 11.9 Å². The smallest absolute Gasteiger partial charge is 0.229 e. The number of amides is 1. The van der Waals surface area contributed by atoms with Crippen LogP contribution in [-0.2, 0) is 4.79 Å². The van der Waals surface area contributed by atoms with Gasteiger partial charge < -0.3 is 15.0 Å². The van der Waals surface area contributed by atoms with Gasteiger partial charge in [-0.25, -0.2) is 9.97 Å². The Bertz CT molecular complexity index is 1210. The number of nitrogens with zero attached hydrogens (tertiary/aromatic N) is 3. The maximum absolute atomic E-state index is 12.9. The highest BCUT2D eigenvalue weighted by molar-refractivity contribution is 5.93. The molecule has 1 atom stereocenters. The summed E-state index contributed by atoms with van der Waals surface area (Å²) in [7, 11) is 0. The number of carbonyl (C=O) groups is 1. The third-order valence-electron chi connectivity index (χ3n) is 5.92. The molecule has 1 amide bonds. The SMILES string of the molecule is O=C(Nc1ccc(Oc2ccccc2)cc1)[C@@H]1CCCN(c2ncc(-c3ccccc3)cn2)C1. The van der Waals surface area contributed by atoms with E-state index in [1.165, 1.54) is 0 Å². The Balaban J connectivity index is 1.19. The van der Waals surface area contributed by atoms with E-state index in [1.54, 1.807) is 0 Å². The molecule has 2 heterocycles. The van der Waals surface area contributed by atoms with Gasteiger partial charge in [-0.05, 0) is 54.8 Å². The number of para-hydroxylation sites is 1. The highest BCUT2D eigenvalue weighted by Gasteiger charge is 2.27. The van der Waals surface area contributed by atoms with E-state index in [-0.39, 0.29) is 11.8 Å². The zero-order valence-electron chi connectivity index (χ0n) is 18.8. The summed E-state index contributed by atoms with van der Waals surface area (Å²) in [6, 6.07) is 27.1. The van der Waals surface area contributed by atoms with Crippen LogP contribution in [0.25, 0.3) is 11.1 Å². The van der Waals surface area contributed by atoms with E-state index in [0.717, 1.165) is 47.7 Å². The molecule has 1 aromatic heterocycles. The molecule has 1 saturated heterocycles. The largest absolute Gasteiger partial charge is 0.457 e. The van der Waals surface area contributed by atoms with Gasteiger partial charge in [0.15, 0.2) is 0 Å². The lowest BCUT2D eigenvalue weighted by molar-refractivity contribution is -0.120. The van der Waals surface area contributed by atoms with Crippen LogP contribution in [0, 0.1) is 5.92 Å². The Labute approximate surface area is 199 Å². The molecule has 1 fully saturated rings. The molecule has 1 N–H and O–H groups in total. The number of hydrogen-bond acceptors (Lipinski definition) is 5. The van der Waals surface area contributed by atoms with Crippen molar-refractivity contribution in [2.24, 2.45) is 5.92 Å². The lowest BCUT2D eigenvalue weighted by atomic mass is 9.97. The van der Waals surface area contributed by atoms with E-state index < -0.39 is 0 Å². The predicted molar refractivity (Wildman–Crippen MR) is 134 cm³/mol. The number of piperidine rings is 1. The van der Waals surface area contributed by atoms with Crippen molar-refractivity contribution in [2.45, 2.75) is 12.8 Å². The lowest BCUT2D eigenvalue weighted by Crippen LogP contribution is -2.41. The van der Waals surface area contributed by atoms with Gasteiger partial charge in [-0.15, -0.1) is 0 Å². The molecule has 0 bridgehead atoms. The van der Waals surface area contributed by atoms with Crippen molar-refractivity contribution in [3.8, 4) is 22.6 Å². The molecule has 6 nitrogen and oxygen atoms in total. The molecule has 3 aromatic carbocycles. The van der Waals surface area contributed by atoms with Crippen LogP contribution in [-0.4, -0.2) is 29.0 Å². The number of rotatable bonds is 6. The third kappa shape index (κ3) is 5.23. The second-order valence-electron chi connectivity index (χ2n) is 8.35. The monoisotopic (exact) mass is 450 g/mol. The van der Waals surface area contributed by atoms with Crippen molar-refractivity contribution in [2.75, 3.05) is 23.3 Å². The number of anilines is 2. The molecule has 0 saturated carbocycles. The molecule has 0 aliphatic carbocycles. The van der Waals surface area contributed by atoms with Crippen LogP contribution in [0.4, 0.5) is 11.6 Å². The summed E-state index contributed by atoms with van der Waals surface area (Å²) in [6.45, 7) is 1.45. The summed E-state index contributed by atoms with van der Waals surface area (Å²) < 4.78 is 5.82. The number of nitrogens with one attached hydrogen (secondary N) is 1. The second kappa shape index (κ2) is 10.2. The average Bonchev–Trinajstić information content (AvgIpc) is 2.91. The number of aromatic nitrogens is 2. The van der Waals surface area contributed by atoms with Gasteiger partial charge in [0, 0.05) is 36.7 Å². The number of ether oxygens (including phenoxy) is 1. The van der Waals surface area contributed by atoms with Crippen LogP contribution in [0.15, 0.2) is 97.3 Å². The van der Waals surface area contributed by atoms with Gasteiger partial charge in [-0.2, -0.15) is 0 Å². The standard InChI is InChI=1S/C28H26N4O2/c33-27(31-24-13-15-26(16-14-24)34-25-11-5-2-6-12-25)22-10-7-17-32(20-22)28-29-18-23(19-30-28)21-8-3-1-4-9-21/h1-6,8-9,11-16,18-19,22H,7,10,17,20H2,(H,31,33)/t22-/m1/s1. The zero-order valence-corrected chi connectivity index (χ0v) is 18.8. The van der Waals surface area contributed by atoms with E-state index >= 15 is 0 Å². The van der Waals surface area contributed by atoms with Crippen molar-refractivity contribution in [3.05, 3.63) is 97.3 Å². The van der Waals surface area contributed by atoms with Gasteiger partial charge in [0.05, 0.1) is 5.92 Å². The van der Waals surface area contributed by atoms with E-state index in [4.69, 9.17) is 4.74 Å². The van der Waals surface area contributed by atoms with Crippen LogP contribution >= 0.6 is 0 Å². The van der Waals surface area contributed by atoms with E-state index in [9.17, 15) is 4.79 Å². The molecular weight excluding hydrogens is 424 g/mol. The topological polar surface area (TPSA) is 67.3 Å². The molecule has 0 radical (unpaired) electrons. The Morgan fingerprint density at radius 3 is 2.18 bits per heavy atom. The van der Waals surface area contributed by atoms with Gasteiger partial charge in [-0.3, -0.25) is 4.79 Å². The summed E-state index contributed by atoms with van der Waals surface area (Å²) in [6.07, 6.45) is 5.46. The first-order valence-electron chi connectivity index (χ1n) is 11.5. The minimum absolute atomic E-state index is 0.0160. The maximum Gasteiger partial charge on any atom is 0.229 e. The molecule has 4 aromatic rings. The molecule has 1 aliphatic heterocycles. The van der Waals surface area contributed by atoms with E-state index in [0.29, 0.717) is 12.5 Å². The lowest BCUT2D eigenvalue weighted by Gasteiger charge is -2.32. The average molecular weight is 451 g/mol. The molecule has 5 rings (SSSR count). The summed E-state index contributed by atoms with van der Waals surface area (Å²) >= 11 is 0.